The van der Waals surface area contributed by atoms with Crippen molar-refractivity contribution in [1.29, 1.82) is 0 Å². The highest BCUT2D eigenvalue weighted by Crippen LogP contribution is 2.34. The monoisotopic (exact) mass is 602 g/mol. The molecule has 1 fully saturated rings. The van der Waals surface area contributed by atoms with Crippen molar-refractivity contribution in [3.8, 4) is 23.0 Å². The number of hydrogen-bond donors (Lipinski definition) is 0. The summed E-state index contributed by atoms with van der Waals surface area (Å²) in [7, 11) is 3.32. The van der Waals surface area contributed by atoms with Crippen LogP contribution >= 0.6 is 11.3 Å². The van der Waals surface area contributed by atoms with E-state index in [9.17, 15) is 4.79 Å². The van der Waals surface area contributed by atoms with Gasteiger partial charge in [0.2, 0.25) is 6.79 Å². The van der Waals surface area contributed by atoms with Gasteiger partial charge < -0.3 is 23.8 Å². The third-order valence-corrected chi connectivity index (χ3v) is 8.88. The predicted octanol–water partition coefficient (Wildman–Crippen LogP) is 5.13. The van der Waals surface area contributed by atoms with Crippen LogP contribution in [-0.2, 0) is 19.6 Å². The second-order valence-corrected chi connectivity index (χ2v) is 11.9. The molecule has 10 heteroatoms. The van der Waals surface area contributed by atoms with E-state index in [1.807, 2.05) is 40.6 Å². The minimum Gasteiger partial charge on any atom is -0.497 e. The van der Waals surface area contributed by atoms with Crippen LogP contribution in [0.5, 0.6) is 23.0 Å². The zero-order valence-corrected chi connectivity index (χ0v) is 25.6. The molecule has 0 saturated carbocycles. The summed E-state index contributed by atoms with van der Waals surface area (Å²) in [6.45, 7) is 6.32. The lowest BCUT2D eigenvalue weighted by Gasteiger charge is -2.35. The molecular weight excluding hydrogens is 564 g/mol. The van der Waals surface area contributed by atoms with Crippen LogP contribution in [-0.4, -0.2) is 79.3 Å². The van der Waals surface area contributed by atoms with Crippen LogP contribution in [0.3, 0.4) is 0 Å². The fraction of sp³-hybridized carbons (Fsp3) is 0.394. The van der Waals surface area contributed by atoms with Gasteiger partial charge in [-0.25, -0.2) is 4.98 Å². The number of piperazine rings is 1. The average Bonchev–Trinajstić information content (AvgIpc) is 3.71. The van der Waals surface area contributed by atoms with Crippen molar-refractivity contribution in [1.82, 2.24) is 19.7 Å². The molecule has 3 aliphatic rings. The first-order valence-corrected chi connectivity index (χ1v) is 15.6. The van der Waals surface area contributed by atoms with E-state index in [0.29, 0.717) is 25.3 Å². The van der Waals surface area contributed by atoms with E-state index >= 15 is 0 Å². The van der Waals surface area contributed by atoms with E-state index in [4.69, 9.17) is 23.9 Å². The Bertz CT molecular complexity index is 1490. The molecule has 1 amide bonds. The number of thiazole rings is 1. The Kier molecular flexibility index (Phi) is 9.26. The van der Waals surface area contributed by atoms with Crippen molar-refractivity contribution in [2.24, 2.45) is 0 Å². The molecule has 1 aliphatic carbocycles. The van der Waals surface area contributed by atoms with Crippen LogP contribution in [0, 0.1) is 0 Å². The van der Waals surface area contributed by atoms with Gasteiger partial charge in [0.1, 0.15) is 22.2 Å². The Balaban J connectivity index is 1.13. The Morgan fingerprint density at radius 3 is 2.65 bits per heavy atom. The lowest BCUT2D eigenvalue weighted by atomic mass is 10.0. The fourth-order valence-corrected chi connectivity index (χ4v) is 6.51. The van der Waals surface area contributed by atoms with E-state index in [1.165, 1.54) is 16.9 Å². The molecule has 0 unspecified atom stereocenters. The highest BCUT2D eigenvalue weighted by atomic mass is 32.1. The number of carbonyl (C=O) groups is 1. The molecule has 9 nitrogen and oxygen atoms in total. The van der Waals surface area contributed by atoms with Gasteiger partial charge in [0.25, 0.3) is 5.91 Å². The van der Waals surface area contributed by atoms with Gasteiger partial charge in [-0.05, 0) is 36.6 Å². The highest BCUT2D eigenvalue weighted by molar-refractivity contribution is 7.09. The molecule has 1 saturated heterocycles. The topological polar surface area (TPSA) is 76.6 Å². The number of allylic oxidation sites excluding steroid dienone is 3. The van der Waals surface area contributed by atoms with Crippen LogP contribution in [0.1, 0.15) is 39.5 Å². The van der Waals surface area contributed by atoms with E-state index in [1.54, 1.807) is 14.2 Å². The summed E-state index contributed by atoms with van der Waals surface area (Å²) in [5.41, 5.74) is 4.14. The molecule has 2 aliphatic heterocycles. The summed E-state index contributed by atoms with van der Waals surface area (Å²) >= 11 is 1.53. The number of carbonyl (C=O) groups excluding carboxylic acids is 1. The van der Waals surface area contributed by atoms with Gasteiger partial charge in [0.05, 0.1) is 20.8 Å². The van der Waals surface area contributed by atoms with Gasteiger partial charge in [0, 0.05) is 62.8 Å². The van der Waals surface area contributed by atoms with Crippen LogP contribution in [0.2, 0.25) is 0 Å². The molecule has 43 heavy (non-hydrogen) atoms. The van der Waals surface area contributed by atoms with Gasteiger partial charge in [-0.15, -0.1) is 11.3 Å². The summed E-state index contributed by atoms with van der Waals surface area (Å²) < 4.78 is 22.2. The summed E-state index contributed by atoms with van der Waals surface area (Å²) in [6.07, 6.45) is 8.86. The van der Waals surface area contributed by atoms with E-state index in [2.05, 4.69) is 34.1 Å². The first kappa shape index (κ1) is 29.2. The van der Waals surface area contributed by atoms with Gasteiger partial charge in [-0.2, -0.15) is 0 Å². The lowest BCUT2D eigenvalue weighted by molar-refractivity contribution is 0.0641. The molecule has 6 rings (SSSR count). The summed E-state index contributed by atoms with van der Waals surface area (Å²) in [5, 5.41) is 2.79. The van der Waals surface area contributed by atoms with Gasteiger partial charge >= 0.3 is 0 Å². The number of amides is 1. The normalized spacial score (nSPS) is 16.4. The minimum absolute atomic E-state index is 0.0149. The molecule has 3 aromatic rings. The average molecular weight is 603 g/mol. The predicted molar refractivity (Wildman–Crippen MR) is 166 cm³/mol. The van der Waals surface area contributed by atoms with E-state index in [0.717, 1.165) is 84.7 Å². The van der Waals surface area contributed by atoms with Crippen molar-refractivity contribution in [2.45, 2.75) is 32.5 Å². The Hall–Kier alpha value is -3.86. The number of benzene rings is 2. The van der Waals surface area contributed by atoms with Crippen LogP contribution in [0.15, 0.2) is 65.6 Å². The van der Waals surface area contributed by atoms with Crippen molar-refractivity contribution >= 4 is 17.2 Å². The third-order valence-electron chi connectivity index (χ3n) is 8.05. The van der Waals surface area contributed by atoms with Gasteiger partial charge in [-0.3, -0.25) is 14.6 Å². The van der Waals surface area contributed by atoms with Crippen molar-refractivity contribution in [3.63, 3.8) is 0 Å². The highest BCUT2D eigenvalue weighted by Gasteiger charge is 2.25. The molecular formula is C33H38N4O5S. The molecule has 1 aromatic heterocycles. The molecule has 0 atom stereocenters. The van der Waals surface area contributed by atoms with Crippen molar-refractivity contribution < 1.29 is 23.7 Å². The lowest BCUT2D eigenvalue weighted by Crippen LogP contribution is -2.49. The number of hydrogen-bond acceptors (Lipinski definition) is 9. The zero-order chi connectivity index (χ0) is 29.6. The number of nitrogens with zero attached hydrogens (tertiary/aromatic N) is 4. The molecule has 2 aromatic carbocycles. The third kappa shape index (κ3) is 7.21. The second-order valence-electron chi connectivity index (χ2n) is 11.0. The Morgan fingerprint density at radius 1 is 1.00 bits per heavy atom. The minimum atomic E-state index is 0.0149. The number of fused-ring (bicyclic) bond motifs is 1. The SMILES string of the molecule is COc1ccc(CN(Cc2ccc3c(c2)OCO3)Cc2nc(C(=O)N3CCN(CC4=CC=CCC4)CC3)cs2)c(OC)c1. The van der Waals surface area contributed by atoms with Gasteiger partial charge in [-0.1, -0.05) is 35.9 Å². The second kappa shape index (κ2) is 13.6. The maximum atomic E-state index is 13.4. The maximum Gasteiger partial charge on any atom is 0.273 e. The first-order valence-electron chi connectivity index (χ1n) is 14.7. The number of rotatable bonds is 11. The smallest absolute Gasteiger partial charge is 0.273 e. The summed E-state index contributed by atoms with van der Waals surface area (Å²) in [4.78, 5) is 24.9. The van der Waals surface area contributed by atoms with Crippen molar-refractivity contribution in [2.75, 3.05) is 53.7 Å². The summed E-state index contributed by atoms with van der Waals surface area (Å²) in [5.74, 6) is 3.05. The molecule has 0 spiro atoms. The maximum absolute atomic E-state index is 13.4. The summed E-state index contributed by atoms with van der Waals surface area (Å²) in [6, 6.07) is 11.9. The quantitative estimate of drug-likeness (QED) is 0.299. The van der Waals surface area contributed by atoms with E-state index < -0.39 is 0 Å². The standard InChI is InChI=1S/C33H38N4O5S/c1-39-27-10-9-26(30(17-27)40-2)20-36(19-25-8-11-29-31(16-25)42-23-41-29)21-32-34-28(22-43-32)33(38)37-14-12-35(13-15-37)18-24-6-4-3-5-7-24/h3-4,6,8-11,16-17,22H,5,7,12-15,18-21,23H2,1-2H3. The largest absolute Gasteiger partial charge is 0.497 e. The fourth-order valence-electron chi connectivity index (χ4n) is 5.70. The molecule has 3 heterocycles. The number of ether oxygens (including phenoxy) is 4. The Morgan fingerprint density at radius 2 is 1.86 bits per heavy atom. The number of aromatic nitrogens is 1. The van der Waals surface area contributed by atoms with Crippen LogP contribution < -0.4 is 18.9 Å². The Labute approximate surface area is 256 Å². The van der Waals surface area contributed by atoms with Crippen molar-refractivity contribution in [3.05, 3.63) is 87.4 Å². The van der Waals surface area contributed by atoms with Gasteiger partial charge in [0.15, 0.2) is 11.5 Å². The first-order chi connectivity index (χ1) is 21.1. The molecule has 0 bridgehead atoms. The molecule has 0 N–H and O–H groups in total. The van der Waals surface area contributed by atoms with Crippen LogP contribution in [0.25, 0.3) is 0 Å². The molecule has 0 radical (unpaired) electrons. The van der Waals surface area contributed by atoms with E-state index in [-0.39, 0.29) is 12.7 Å². The van der Waals surface area contributed by atoms with Crippen LogP contribution in [0.4, 0.5) is 0 Å². The zero-order valence-electron chi connectivity index (χ0n) is 24.8. The number of methoxy groups -OCH3 is 2. The molecule has 226 valence electrons.